The zero-order valence-corrected chi connectivity index (χ0v) is 10.6. The highest BCUT2D eigenvalue weighted by atomic mass is 127. The second-order valence-corrected chi connectivity index (χ2v) is 4.06. The summed E-state index contributed by atoms with van der Waals surface area (Å²) in [6.45, 7) is 0. The maximum absolute atomic E-state index is 12.5. The molecule has 0 spiro atoms. The minimum atomic E-state index is -4.51. The molecule has 4 nitrogen and oxygen atoms in total. The lowest BCUT2D eigenvalue weighted by atomic mass is 10.3. The van der Waals surface area contributed by atoms with Crippen molar-refractivity contribution >= 4 is 28.6 Å². The second kappa shape index (κ2) is 4.60. The molecule has 0 aliphatic carbocycles. The molecule has 16 heavy (non-hydrogen) atoms. The van der Waals surface area contributed by atoms with Crippen LogP contribution < -0.4 is 0 Å². The number of aromatic nitrogens is 2. The quantitative estimate of drug-likeness (QED) is 0.604. The molecule has 0 unspecified atom stereocenters. The lowest BCUT2D eigenvalue weighted by molar-refractivity contribution is -0.142. The maximum atomic E-state index is 12.5. The van der Waals surface area contributed by atoms with Gasteiger partial charge in [0.05, 0.1) is 22.8 Å². The molecule has 0 amide bonds. The Labute approximate surface area is 103 Å². The van der Waals surface area contributed by atoms with Crippen LogP contribution in [-0.4, -0.2) is 22.9 Å². The van der Waals surface area contributed by atoms with Crippen LogP contribution in [0.15, 0.2) is 0 Å². The van der Waals surface area contributed by atoms with Gasteiger partial charge in [0, 0.05) is 7.05 Å². The monoisotopic (exact) mass is 348 g/mol. The number of ether oxygens (including phenoxy) is 1. The first-order valence-electron chi connectivity index (χ1n) is 4.12. The third kappa shape index (κ3) is 2.66. The lowest BCUT2D eigenvalue weighted by Gasteiger charge is -2.02. The Bertz CT molecular complexity index is 414. The molecule has 0 aliphatic rings. The molecule has 8 heteroatoms. The number of carbonyl (C=O) groups is 1. The van der Waals surface area contributed by atoms with Gasteiger partial charge in [-0.25, -0.2) is 0 Å². The number of hydrogen-bond acceptors (Lipinski definition) is 3. The van der Waals surface area contributed by atoms with Crippen LogP contribution >= 0.6 is 22.6 Å². The summed E-state index contributed by atoms with van der Waals surface area (Å²) in [6.07, 6.45) is -4.74. The molecular weight excluding hydrogens is 340 g/mol. The predicted molar refractivity (Wildman–Crippen MR) is 56.6 cm³/mol. The number of methoxy groups -OCH3 is 1. The smallest absolute Gasteiger partial charge is 0.436 e. The number of halogens is 4. The van der Waals surface area contributed by atoms with Crippen LogP contribution in [-0.2, 0) is 29.2 Å². The Balaban J connectivity index is 3.13. The molecule has 0 atom stereocenters. The van der Waals surface area contributed by atoms with E-state index in [9.17, 15) is 18.0 Å². The third-order valence-corrected chi connectivity index (χ3v) is 3.04. The molecule has 0 radical (unpaired) electrons. The van der Waals surface area contributed by atoms with Crippen molar-refractivity contribution in [2.75, 3.05) is 7.11 Å². The van der Waals surface area contributed by atoms with Gasteiger partial charge in [-0.3, -0.25) is 9.48 Å². The van der Waals surface area contributed by atoms with E-state index in [2.05, 4.69) is 9.84 Å². The molecule has 0 fully saturated rings. The van der Waals surface area contributed by atoms with Crippen LogP contribution in [0, 0.1) is 3.57 Å². The zero-order chi connectivity index (χ0) is 12.5. The minimum absolute atomic E-state index is 0.0713. The van der Waals surface area contributed by atoms with Gasteiger partial charge in [-0.15, -0.1) is 0 Å². The van der Waals surface area contributed by atoms with Crippen LogP contribution in [0.3, 0.4) is 0 Å². The Morgan fingerprint density at radius 2 is 2.12 bits per heavy atom. The van der Waals surface area contributed by atoms with Crippen molar-refractivity contribution in [2.24, 2.45) is 7.05 Å². The van der Waals surface area contributed by atoms with Crippen molar-refractivity contribution in [1.29, 1.82) is 0 Å². The van der Waals surface area contributed by atoms with Gasteiger partial charge in [-0.05, 0) is 22.6 Å². The number of alkyl halides is 3. The largest absolute Gasteiger partial charge is 0.469 e. The van der Waals surface area contributed by atoms with Crippen LogP contribution in [0.2, 0.25) is 0 Å². The minimum Gasteiger partial charge on any atom is -0.469 e. The van der Waals surface area contributed by atoms with Crippen molar-refractivity contribution in [3.05, 3.63) is 15.0 Å². The number of rotatable bonds is 2. The molecular formula is C8H8F3IN2O2. The highest BCUT2D eigenvalue weighted by Crippen LogP contribution is 2.33. The van der Waals surface area contributed by atoms with E-state index in [4.69, 9.17) is 0 Å². The topological polar surface area (TPSA) is 44.1 Å². The fourth-order valence-electron chi connectivity index (χ4n) is 1.12. The van der Waals surface area contributed by atoms with E-state index in [1.165, 1.54) is 36.7 Å². The molecule has 1 aromatic rings. The zero-order valence-electron chi connectivity index (χ0n) is 8.43. The summed E-state index contributed by atoms with van der Waals surface area (Å²) in [5, 5.41) is 3.35. The highest BCUT2D eigenvalue weighted by Gasteiger charge is 2.38. The van der Waals surface area contributed by atoms with Crippen LogP contribution in [0.1, 0.15) is 11.4 Å². The first-order valence-corrected chi connectivity index (χ1v) is 5.20. The van der Waals surface area contributed by atoms with Crippen LogP contribution in [0.25, 0.3) is 0 Å². The SMILES string of the molecule is COC(=O)Cc1c(I)c(C(F)(F)F)nn1C. The van der Waals surface area contributed by atoms with Crippen molar-refractivity contribution in [3.63, 3.8) is 0 Å². The fourth-order valence-corrected chi connectivity index (χ4v) is 2.07. The van der Waals surface area contributed by atoms with Gasteiger partial charge in [-0.1, -0.05) is 0 Å². The van der Waals surface area contributed by atoms with E-state index in [0.717, 1.165) is 4.68 Å². The van der Waals surface area contributed by atoms with Gasteiger partial charge >= 0.3 is 12.1 Å². The molecule has 1 rings (SSSR count). The third-order valence-electron chi connectivity index (χ3n) is 1.91. The average molecular weight is 348 g/mol. The van der Waals surface area contributed by atoms with E-state index in [0.29, 0.717) is 0 Å². The van der Waals surface area contributed by atoms with E-state index in [-0.39, 0.29) is 15.7 Å². The predicted octanol–water partition coefficient (Wildman–Crippen LogP) is 1.76. The van der Waals surface area contributed by atoms with E-state index < -0.39 is 17.8 Å². The van der Waals surface area contributed by atoms with Gasteiger partial charge in [0.15, 0.2) is 5.69 Å². The number of nitrogens with zero attached hydrogens (tertiary/aromatic N) is 2. The molecule has 90 valence electrons. The first kappa shape index (κ1) is 13.3. The molecule has 1 aromatic heterocycles. The number of aryl methyl sites for hydroxylation is 1. The van der Waals surface area contributed by atoms with Crippen molar-refractivity contribution < 1.29 is 22.7 Å². The Hall–Kier alpha value is -0.800. The Kier molecular flexibility index (Phi) is 3.81. The Morgan fingerprint density at radius 1 is 1.56 bits per heavy atom. The molecule has 0 N–H and O–H groups in total. The summed E-state index contributed by atoms with van der Waals surface area (Å²) in [5.74, 6) is -0.602. The van der Waals surface area contributed by atoms with Gasteiger partial charge in [0.1, 0.15) is 0 Å². The summed E-state index contributed by atoms with van der Waals surface area (Å²) >= 11 is 1.53. The van der Waals surface area contributed by atoms with E-state index in [1.807, 2.05) is 0 Å². The summed E-state index contributed by atoms with van der Waals surface area (Å²) in [6, 6.07) is 0. The normalized spacial score (nSPS) is 11.6. The van der Waals surface area contributed by atoms with Gasteiger partial charge in [0.2, 0.25) is 0 Å². The Morgan fingerprint density at radius 3 is 2.50 bits per heavy atom. The number of hydrogen-bond donors (Lipinski definition) is 0. The highest BCUT2D eigenvalue weighted by molar-refractivity contribution is 14.1. The van der Waals surface area contributed by atoms with Gasteiger partial charge < -0.3 is 4.74 Å². The summed E-state index contributed by atoms with van der Waals surface area (Å²) in [4.78, 5) is 11.0. The van der Waals surface area contributed by atoms with Crippen LogP contribution in [0.4, 0.5) is 13.2 Å². The summed E-state index contributed by atoms with van der Waals surface area (Å²) < 4.78 is 42.8. The molecule has 0 aliphatic heterocycles. The second-order valence-electron chi connectivity index (χ2n) is 2.98. The van der Waals surface area contributed by atoms with Crippen molar-refractivity contribution in [3.8, 4) is 0 Å². The molecule has 0 bridgehead atoms. The number of esters is 1. The summed E-state index contributed by atoms with van der Waals surface area (Å²) in [7, 11) is 2.53. The van der Waals surface area contributed by atoms with E-state index >= 15 is 0 Å². The standard InChI is InChI=1S/C8H8F3IN2O2/c1-14-4(3-5(15)16-2)6(12)7(13-14)8(9,10)11/h3H2,1-2H3. The summed E-state index contributed by atoms with van der Waals surface area (Å²) in [5.41, 5.74) is -0.783. The molecule has 0 aromatic carbocycles. The molecule has 0 saturated heterocycles. The molecule has 0 saturated carbocycles. The van der Waals surface area contributed by atoms with Gasteiger partial charge in [-0.2, -0.15) is 18.3 Å². The number of carbonyl (C=O) groups excluding carboxylic acids is 1. The first-order chi connectivity index (χ1) is 7.27. The van der Waals surface area contributed by atoms with Gasteiger partial charge in [0.25, 0.3) is 0 Å². The maximum Gasteiger partial charge on any atom is 0.436 e. The van der Waals surface area contributed by atoms with Crippen LogP contribution in [0.5, 0.6) is 0 Å². The lowest BCUT2D eigenvalue weighted by Crippen LogP contribution is -2.09. The average Bonchev–Trinajstić information content (AvgIpc) is 2.44. The van der Waals surface area contributed by atoms with E-state index in [1.54, 1.807) is 0 Å². The molecule has 1 heterocycles. The van der Waals surface area contributed by atoms with Crippen molar-refractivity contribution in [1.82, 2.24) is 9.78 Å². The fraction of sp³-hybridized carbons (Fsp3) is 0.500. The van der Waals surface area contributed by atoms with Crippen molar-refractivity contribution in [2.45, 2.75) is 12.6 Å².